The maximum Gasteiger partial charge on any atom is 0.135 e. The summed E-state index contributed by atoms with van der Waals surface area (Å²) in [5.74, 6) is 1.62. The molecule has 0 aromatic heterocycles. The average molecular weight is 300 g/mol. The quantitative estimate of drug-likeness (QED) is 0.624. The van der Waals surface area contributed by atoms with Gasteiger partial charge in [0.2, 0.25) is 0 Å². The number of ketones is 1. The van der Waals surface area contributed by atoms with Crippen molar-refractivity contribution in [3.05, 3.63) is 22.8 Å². The first-order valence-electron chi connectivity index (χ1n) is 9.23. The van der Waals surface area contributed by atoms with E-state index in [9.17, 15) is 4.79 Å². The molecule has 0 radical (unpaired) electrons. The van der Waals surface area contributed by atoms with Crippen LogP contribution < -0.4 is 0 Å². The molecule has 0 N–H and O–H groups in total. The molecular formula is C21H32O. The fourth-order valence-corrected chi connectivity index (χ4v) is 5.87. The van der Waals surface area contributed by atoms with Crippen molar-refractivity contribution >= 4 is 5.78 Å². The molecule has 0 bridgehead atoms. The Kier molecular flexibility index (Phi) is 3.90. The lowest BCUT2D eigenvalue weighted by atomic mass is 9.49. The van der Waals surface area contributed by atoms with Crippen LogP contribution in [0.15, 0.2) is 22.8 Å². The predicted octanol–water partition coefficient (Wildman–Crippen LogP) is 5.85. The zero-order chi connectivity index (χ0) is 16.1. The standard InChI is InChI=1S/C21H32O/c1-14(2)13-16-7-9-18-17(16)8-10-19-20(4,15(3)22)11-6-12-21(18,19)5/h13-14,19H,6-12H2,1-5H3/b16-13+/t19-,20-,21+/m0/s1. The van der Waals surface area contributed by atoms with Crippen molar-refractivity contribution in [1.82, 2.24) is 0 Å². The molecule has 0 heterocycles. The van der Waals surface area contributed by atoms with Crippen LogP contribution in [0.2, 0.25) is 0 Å². The first kappa shape index (κ1) is 16.0. The maximum absolute atomic E-state index is 12.4. The topological polar surface area (TPSA) is 17.1 Å². The molecule has 3 rings (SSSR count). The molecule has 0 amide bonds. The van der Waals surface area contributed by atoms with Crippen LogP contribution in [0.4, 0.5) is 0 Å². The molecule has 0 unspecified atom stereocenters. The number of carbonyl (C=O) groups is 1. The van der Waals surface area contributed by atoms with Crippen molar-refractivity contribution in [1.29, 1.82) is 0 Å². The van der Waals surface area contributed by atoms with Crippen molar-refractivity contribution in [3.8, 4) is 0 Å². The fraction of sp³-hybridized carbons (Fsp3) is 0.762. The number of Topliss-reactive ketones (excluding diaryl/α,β-unsaturated/α-hetero) is 1. The summed E-state index contributed by atoms with van der Waals surface area (Å²) >= 11 is 0. The van der Waals surface area contributed by atoms with Gasteiger partial charge in [-0.3, -0.25) is 4.79 Å². The number of rotatable bonds is 2. The lowest BCUT2D eigenvalue weighted by molar-refractivity contribution is -0.135. The van der Waals surface area contributed by atoms with Gasteiger partial charge in [0, 0.05) is 5.41 Å². The number of hydrogen-bond donors (Lipinski definition) is 0. The molecule has 3 aliphatic carbocycles. The zero-order valence-electron chi connectivity index (χ0n) is 15.1. The first-order chi connectivity index (χ1) is 10.3. The summed E-state index contributed by atoms with van der Waals surface area (Å²) < 4.78 is 0. The van der Waals surface area contributed by atoms with E-state index in [1.54, 1.807) is 16.7 Å². The molecule has 1 fully saturated rings. The minimum absolute atomic E-state index is 0.0873. The van der Waals surface area contributed by atoms with Crippen LogP contribution in [0.25, 0.3) is 0 Å². The summed E-state index contributed by atoms with van der Waals surface area (Å²) in [6, 6.07) is 0. The number of carbonyl (C=O) groups excluding carboxylic acids is 1. The monoisotopic (exact) mass is 300 g/mol. The van der Waals surface area contributed by atoms with Gasteiger partial charge >= 0.3 is 0 Å². The SMILES string of the molecule is CC(=O)[C@]1(C)CCC[C@]2(C)C3=C(CC[C@@H]12)/C(=C/C(C)C)CC3. The molecule has 22 heavy (non-hydrogen) atoms. The van der Waals surface area contributed by atoms with Gasteiger partial charge in [0.15, 0.2) is 0 Å². The van der Waals surface area contributed by atoms with Crippen LogP contribution in [0.5, 0.6) is 0 Å². The second-order valence-corrected chi connectivity index (χ2v) is 8.73. The molecule has 122 valence electrons. The zero-order valence-corrected chi connectivity index (χ0v) is 15.1. The van der Waals surface area contributed by atoms with Gasteiger partial charge in [-0.15, -0.1) is 0 Å². The fourth-order valence-electron chi connectivity index (χ4n) is 5.87. The third-order valence-corrected chi connectivity index (χ3v) is 7.04. The Morgan fingerprint density at radius 3 is 2.55 bits per heavy atom. The molecule has 0 aliphatic heterocycles. The second kappa shape index (κ2) is 5.35. The highest BCUT2D eigenvalue weighted by atomic mass is 16.1. The molecule has 3 aliphatic rings. The van der Waals surface area contributed by atoms with Gasteiger partial charge in [0.1, 0.15) is 5.78 Å². The van der Waals surface area contributed by atoms with E-state index in [0.717, 1.165) is 6.42 Å². The Labute approximate surface area is 136 Å². The third kappa shape index (κ3) is 2.23. The molecule has 3 atom stereocenters. The number of fused-ring (bicyclic) bond motifs is 2. The Hall–Kier alpha value is -0.850. The average Bonchev–Trinajstić information content (AvgIpc) is 2.82. The molecule has 0 spiro atoms. The van der Waals surface area contributed by atoms with Gasteiger partial charge in [0.25, 0.3) is 0 Å². The summed E-state index contributed by atoms with van der Waals surface area (Å²) in [7, 11) is 0. The van der Waals surface area contributed by atoms with Gasteiger partial charge in [-0.05, 0) is 73.8 Å². The highest BCUT2D eigenvalue weighted by Crippen LogP contribution is 2.63. The molecular weight excluding hydrogens is 268 g/mol. The van der Waals surface area contributed by atoms with Crippen molar-refractivity contribution in [3.63, 3.8) is 0 Å². The molecule has 0 aromatic carbocycles. The van der Waals surface area contributed by atoms with Crippen molar-refractivity contribution in [2.45, 2.75) is 79.6 Å². The van der Waals surface area contributed by atoms with Crippen molar-refractivity contribution < 1.29 is 4.79 Å². The second-order valence-electron chi connectivity index (χ2n) is 8.73. The Balaban J connectivity index is 2.03. The van der Waals surface area contributed by atoms with Crippen molar-refractivity contribution in [2.75, 3.05) is 0 Å². The van der Waals surface area contributed by atoms with Gasteiger partial charge in [-0.25, -0.2) is 0 Å². The van der Waals surface area contributed by atoms with E-state index in [1.807, 2.05) is 6.92 Å². The van der Waals surface area contributed by atoms with Gasteiger partial charge in [-0.1, -0.05) is 45.8 Å². The Morgan fingerprint density at radius 2 is 1.91 bits per heavy atom. The van der Waals surface area contributed by atoms with Crippen LogP contribution in [0.3, 0.4) is 0 Å². The highest BCUT2D eigenvalue weighted by Gasteiger charge is 2.55. The normalized spacial score (nSPS) is 40.1. The predicted molar refractivity (Wildman–Crippen MR) is 92.7 cm³/mol. The maximum atomic E-state index is 12.4. The van der Waals surface area contributed by atoms with Gasteiger partial charge < -0.3 is 0 Å². The first-order valence-corrected chi connectivity index (χ1v) is 9.23. The Morgan fingerprint density at radius 1 is 1.18 bits per heavy atom. The van der Waals surface area contributed by atoms with Crippen LogP contribution in [-0.4, -0.2) is 5.78 Å². The summed E-state index contributed by atoms with van der Waals surface area (Å²) in [6.45, 7) is 11.1. The molecule has 1 saturated carbocycles. The summed E-state index contributed by atoms with van der Waals surface area (Å²) in [4.78, 5) is 12.4. The van der Waals surface area contributed by atoms with E-state index in [1.165, 1.54) is 38.5 Å². The van der Waals surface area contributed by atoms with Crippen LogP contribution in [0.1, 0.15) is 79.6 Å². The lowest BCUT2D eigenvalue weighted by Crippen LogP contribution is -2.49. The van der Waals surface area contributed by atoms with Gasteiger partial charge in [0.05, 0.1) is 0 Å². The number of allylic oxidation sites excluding steroid dienone is 4. The van der Waals surface area contributed by atoms with Crippen LogP contribution in [0, 0.1) is 22.7 Å². The molecule has 1 nitrogen and oxygen atoms in total. The van der Waals surface area contributed by atoms with Gasteiger partial charge in [-0.2, -0.15) is 0 Å². The van der Waals surface area contributed by atoms with Crippen LogP contribution >= 0.6 is 0 Å². The highest BCUT2D eigenvalue weighted by molar-refractivity contribution is 5.82. The Bertz CT molecular complexity index is 550. The summed E-state index contributed by atoms with van der Waals surface area (Å²) in [5, 5.41) is 0. The minimum atomic E-state index is -0.0873. The van der Waals surface area contributed by atoms with E-state index in [2.05, 4.69) is 33.8 Å². The van der Waals surface area contributed by atoms with E-state index in [-0.39, 0.29) is 10.8 Å². The smallest absolute Gasteiger partial charge is 0.135 e. The van der Waals surface area contributed by atoms with E-state index < -0.39 is 0 Å². The minimum Gasteiger partial charge on any atom is -0.299 e. The summed E-state index contributed by atoms with van der Waals surface area (Å²) in [5.41, 5.74) is 5.22. The largest absolute Gasteiger partial charge is 0.299 e. The lowest BCUT2D eigenvalue weighted by Gasteiger charge is -2.54. The van der Waals surface area contributed by atoms with E-state index in [4.69, 9.17) is 0 Å². The molecule has 0 saturated heterocycles. The molecule has 1 heteroatoms. The number of hydrogen-bond acceptors (Lipinski definition) is 1. The summed E-state index contributed by atoms with van der Waals surface area (Å²) in [6.07, 6.45) is 11.0. The third-order valence-electron chi connectivity index (χ3n) is 7.04. The van der Waals surface area contributed by atoms with E-state index in [0.29, 0.717) is 17.6 Å². The van der Waals surface area contributed by atoms with Crippen molar-refractivity contribution in [2.24, 2.45) is 22.7 Å². The van der Waals surface area contributed by atoms with E-state index >= 15 is 0 Å². The van der Waals surface area contributed by atoms with Crippen LogP contribution in [-0.2, 0) is 4.79 Å². The molecule has 0 aromatic rings.